The summed E-state index contributed by atoms with van der Waals surface area (Å²) in [5, 5.41) is 1.70. The second-order valence-corrected chi connectivity index (χ2v) is 1.64. The molecular formula is C4H8ClNO2. The summed E-state index contributed by atoms with van der Waals surface area (Å²) in [6.45, 7) is 1.68. The van der Waals surface area contributed by atoms with E-state index in [0.717, 1.165) is 0 Å². The van der Waals surface area contributed by atoms with Crippen molar-refractivity contribution in [3.8, 4) is 0 Å². The molecule has 8 heavy (non-hydrogen) atoms. The molecule has 0 rings (SSSR count). The number of halogens is 1. The average Bonchev–Trinajstić information content (AvgIpc) is 1.65. The topological polar surface area (TPSA) is 38.3 Å². The quantitative estimate of drug-likeness (QED) is 0.349. The summed E-state index contributed by atoms with van der Waals surface area (Å²) in [4.78, 5) is 9.99. The van der Waals surface area contributed by atoms with Gasteiger partial charge < -0.3 is 10.1 Å². The standard InChI is InChI=1S/C4H8ClNO2/c1-3(8-2)6-4(5)7/h3H,1-2H3,(H,6,7). The monoisotopic (exact) mass is 137 g/mol. The number of hydrogen-bond donors (Lipinski definition) is 1. The first kappa shape index (κ1) is 7.72. The van der Waals surface area contributed by atoms with Gasteiger partial charge in [-0.1, -0.05) is 0 Å². The Kier molecular flexibility index (Phi) is 3.56. The van der Waals surface area contributed by atoms with Gasteiger partial charge >= 0.3 is 5.37 Å². The van der Waals surface area contributed by atoms with Crippen molar-refractivity contribution in [2.45, 2.75) is 13.2 Å². The van der Waals surface area contributed by atoms with E-state index in [2.05, 4.69) is 10.1 Å². The van der Waals surface area contributed by atoms with E-state index in [4.69, 9.17) is 11.6 Å². The van der Waals surface area contributed by atoms with Crippen LogP contribution in [0.5, 0.6) is 0 Å². The van der Waals surface area contributed by atoms with Gasteiger partial charge in [-0.05, 0) is 18.5 Å². The molecule has 0 saturated carbocycles. The minimum absolute atomic E-state index is 0.306. The molecule has 1 amide bonds. The molecule has 0 saturated heterocycles. The van der Waals surface area contributed by atoms with E-state index in [9.17, 15) is 4.79 Å². The van der Waals surface area contributed by atoms with Gasteiger partial charge in [-0.15, -0.1) is 0 Å². The summed E-state index contributed by atoms with van der Waals surface area (Å²) in [6, 6.07) is 0. The van der Waals surface area contributed by atoms with Crippen molar-refractivity contribution >= 4 is 17.0 Å². The van der Waals surface area contributed by atoms with Crippen LogP contribution in [0.1, 0.15) is 6.92 Å². The number of carbonyl (C=O) groups excluding carboxylic acids is 1. The molecule has 1 unspecified atom stereocenters. The molecule has 0 heterocycles. The summed E-state index contributed by atoms with van der Waals surface area (Å²) < 4.78 is 4.64. The van der Waals surface area contributed by atoms with Crippen LogP contribution in [0.15, 0.2) is 0 Å². The summed E-state index contributed by atoms with van der Waals surface area (Å²) in [5.41, 5.74) is 0. The fourth-order valence-corrected chi connectivity index (χ4v) is 0.372. The van der Waals surface area contributed by atoms with Gasteiger partial charge in [0.1, 0.15) is 6.23 Å². The van der Waals surface area contributed by atoms with Crippen LogP contribution in [0.25, 0.3) is 0 Å². The lowest BCUT2D eigenvalue weighted by atomic mass is 10.7. The SMILES string of the molecule is COC(C)NC(=O)Cl. The van der Waals surface area contributed by atoms with E-state index in [0.29, 0.717) is 0 Å². The highest BCUT2D eigenvalue weighted by atomic mass is 35.5. The fourth-order valence-electron chi connectivity index (χ4n) is 0.219. The van der Waals surface area contributed by atoms with Crippen LogP contribution in [0, 0.1) is 0 Å². The van der Waals surface area contributed by atoms with Gasteiger partial charge in [0, 0.05) is 7.11 Å². The number of carbonyl (C=O) groups is 1. The smallest absolute Gasteiger partial charge is 0.315 e. The Labute approximate surface area is 53.0 Å². The molecular weight excluding hydrogens is 130 g/mol. The molecule has 0 aromatic carbocycles. The minimum Gasteiger partial charge on any atom is -0.362 e. The minimum atomic E-state index is -0.598. The van der Waals surface area contributed by atoms with Gasteiger partial charge in [0.2, 0.25) is 0 Å². The number of methoxy groups -OCH3 is 1. The molecule has 0 aliphatic carbocycles. The highest BCUT2D eigenvalue weighted by molar-refractivity contribution is 6.62. The lowest BCUT2D eigenvalue weighted by molar-refractivity contribution is 0.100. The van der Waals surface area contributed by atoms with Crippen LogP contribution in [-0.4, -0.2) is 18.7 Å². The highest BCUT2D eigenvalue weighted by Gasteiger charge is 1.99. The third-order valence-electron chi connectivity index (χ3n) is 0.670. The number of rotatable bonds is 2. The maximum atomic E-state index is 9.99. The zero-order valence-corrected chi connectivity index (χ0v) is 5.53. The number of hydrogen-bond acceptors (Lipinski definition) is 2. The molecule has 48 valence electrons. The molecule has 0 aromatic rings. The third kappa shape index (κ3) is 3.89. The predicted octanol–water partition coefficient (Wildman–Crippen LogP) is 0.927. The molecule has 4 heteroatoms. The van der Waals surface area contributed by atoms with E-state index in [1.165, 1.54) is 7.11 Å². The van der Waals surface area contributed by atoms with Crippen LogP contribution in [0.3, 0.4) is 0 Å². The van der Waals surface area contributed by atoms with Gasteiger partial charge in [-0.2, -0.15) is 0 Å². The van der Waals surface area contributed by atoms with Gasteiger partial charge in [0.05, 0.1) is 0 Å². The second-order valence-electron chi connectivity index (χ2n) is 1.30. The van der Waals surface area contributed by atoms with Gasteiger partial charge in [-0.3, -0.25) is 4.79 Å². The molecule has 3 nitrogen and oxygen atoms in total. The summed E-state index contributed by atoms with van der Waals surface area (Å²) in [6.07, 6.45) is -0.306. The van der Waals surface area contributed by atoms with Crippen molar-refractivity contribution < 1.29 is 9.53 Å². The Morgan fingerprint density at radius 2 is 2.38 bits per heavy atom. The molecule has 0 bridgehead atoms. The molecule has 0 radical (unpaired) electrons. The van der Waals surface area contributed by atoms with Crippen molar-refractivity contribution in [2.24, 2.45) is 0 Å². The molecule has 0 aromatic heterocycles. The normalized spacial score (nSPS) is 12.9. The zero-order valence-electron chi connectivity index (χ0n) is 4.77. The third-order valence-corrected chi connectivity index (χ3v) is 0.779. The predicted molar refractivity (Wildman–Crippen MR) is 30.9 cm³/mol. The van der Waals surface area contributed by atoms with Crippen molar-refractivity contribution in [3.63, 3.8) is 0 Å². The summed E-state index contributed by atoms with van der Waals surface area (Å²) in [5.74, 6) is 0. The van der Waals surface area contributed by atoms with E-state index in [1.54, 1.807) is 6.92 Å². The van der Waals surface area contributed by atoms with Crippen LogP contribution in [0.2, 0.25) is 0 Å². The van der Waals surface area contributed by atoms with E-state index < -0.39 is 5.37 Å². The largest absolute Gasteiger partial charge is 0.362 e. The molecule has 0 aliphatic rings. The van der Waals surface area contributed by atoms with E-state index >= 15 is 0 Å². The van der Waals surface area contributed by atoms with Crippen LogP contribution in [0.4, 0.5) is 4.79 Å². The fraction of sp³-hybridized carbons (Fsp3) is 0.750. The van der Waals surface area contributed by atoms with Gasteiger partial charge in [-0.25, -0.2) is 0 Å². The first-order chi connectivity index (χ1) is 3.66. The van der Waals surface area contributed by atoms with Crippen LogP contribution in [-0.2, 0) is 4.74 Å². The number of ether oxygens (including phenoxy) is 1. The molecule has 0 spiro atoms. The van der Waals surface area contributed by atoms with Crippen molar-refractivity contribution in [1.29, 1.82) is 0 Å². The van der Waals surface area contributed by atoms with Crippen molar-refractivity contribution in [2.75, 3.05) is 7.11 Å². The number of amides is 1. The lowest BCUT2D eigenvalue weighted by Crippen LogP contribution is -2.29. The first-order valence-corrected chi connectivity index (χ1v) is 2.53. The Morgan fingerprint density at radius 3 is 2.50 bits per heavy atom. The van der Waals surface area contributed by atoms with Crippen LogP contribution < -0.4 is 5.32 Å². The number of nitrogens with one attached hydrogen (secondary N) is 1. The average molecular weight is 138 g/mol. The Bertz CT molecular complexity index is 86.1. The maximum absolute atomic E-state index is 9.99. The molecule has 0 aliphatic heterocycles. The molecule has 0 fully saturated rings. The molecule has 1 atom stereocenters. The lowest BCUT2D eigenvalue weighted by Gasteiger charge is -2.06. The Hall–Kier alpha value is -0.280. The van der Waals surface area contributed by atoms with Gasteiger partial charge in [0.15, 0.2) is 0 Å². The highest BCUT2D eigenvalue weighted by Crippen LogP contribution is 1.83. The maximum Gasteiger partial charge on any atom is 0.315 e. The Morgan fingerprint density at radius 1 is 1.88 bits per heavy atom. The molecule has 1 N–H and O–H groups in total. The van der Waals surface area contributed by atoms with Gasteiger partial charge in [0.25, 0.3) is 0 Å². The van der Waals surface area contributed by atoms with Crippen LogP contribution >= 0.6 is 11.6 Å². The van der Waals surface area contributed by atoms with E-state index in [-0.39, 0.29) is 6.23 Å². The van der Waals surface area contributed by atoms with Crippen molar-refractivity contribution in [3.05, 3.63) is 0 Å². The van der Waals surface area contributed by atoms with E-state index in [1.807, 2.05) is 0 Å². The Balaban J connectivity index is 3.24. The zero-order chi connectivity index (χ0) is 6.57. The van der Waals surface area contributed by atoms with Crippen molar-refractivity contribution in [1.82, 2.24) is 5.32 Å². The summed E-state index contributed by atoms with van der Waals surface area (Å²) in [7, 11) is 1.48. The second kappa shape index (κ2) is 3.69. The summed E-state index contributed by atoms with van der Waals surface area (Å²) >= 11 is 4.92. The first-order valence-electron chi connectivity index (χ1n) is 2.15.